The van der Waals surface area contributed by atoms with E-state index in [4.69, 9.17) is 15.2 Å². The highest BCUT2D eigenvalue weighted by atomic mass is 32.1. The molecule has 0 spiro atoms. The lowest BCUT2D eigenvalue weighted by Crippen LogP contribution is -1.94. The summed E-state index contributed by atoms with van der Waals surface area (Å²) in [5.41, 5.74) is 7.45. The van der Waals surface area contributed by atoms with Gasteiger partial charge in [-0.3, -0.25) is 0 Å². The van der Waals surface area contributed by atoms with Crippen LogP contribution in [0.25, 0.3) is 0 Å². The van der Waals surface area contributed by atoms with Crippen molar-refractivity contribution in [3.63, 3.8) is 0 Å². The molecule has 0 saturated carbocycles. The first-order valence-corrected chi connectivity index (χ1v) is 7.17. The zero-order valence-corrected chi connectivity index (χ0v) is 12.2. The number of hydrogen-bond donors (Lipinski definition) is 1. The predicted octanol–water partition coefficient (Wildman–Crippen LogP) is 2.78. The van der Waals surface area contributed by atoms with E-state index in [2.05, 4.69) is 11.8 Å². The van der Waals surface area contributed by atoms with Crippen LogP contribution < -0.4 is 10.5 Å². The number of methoxy groups -OCH3 is 1. The lowest BCUT2D eigenvalue weighted by atomic mass is 10.2. The van der Waals surface area contributed by atoms with E-state index in [1.54, 1.807) is 18.4 Å². The summed E-state index contributed by atoms with van der Waals surface area (Å²) >= 11 is 1.64. The Hall–Kier alpha value is -1.80. The van der Waals surface area contributed by atoms with Gasteiger partial charge in [-0.25, -0.2) is 0 Å². The first kappa shape index (κ1) is 14.6. The first-order chi connectivity index (χ1) is 9.81. The molecule has 0 atom stereocenters. The average Bonchev–Trinajstić information content (AvgIpc) is 2.92. The van der Waals surface area contributed by atoms with Crippen LogP contribution in [0, 0.1) is 11.8 Å². The van der Waals surface area contributed by atoms with Crippen LogP contribution in [0.4, 0.5) is 0 Å². The number of ether oxygens (including phenoxy) is 2. The lowest BCUT2D eigenvalue weighted by Gasteiger charge is -2.06. The molecule has 2 N–H and O–H groups in total. The molecule has 1 aromatic carbocycles. The number of thiophene rings is 1. The Bertz CT molecular complexity index is 610. The summed E-state index contributed by atoms with van der Waals surface area (Å²) in [6, 6.07) is 9.96. The molecule has 20 heavy (non-hydrogen) atoms. The van der Waals surface area contributed by atoms with E-state index in [1.165, 1.54) is 0 Å². The van der Waals surface area contributed by atoms with Crippen LogP contribution in [-0.2, 0) is 18.0 Å². The van der Waals surface area contributed by atoms with Crippen LogP contribution in [0.2, 0.25) is 0 Å². The fourth-order valence-electron chi connectivity index (χ4n) is 1.72. The second-order valence-electron chi connectivity index (χ2n) is 4.18. The van der Waals surface area contributed by atoms with E-state index in [1.807, 2.05) is 35.7 Å². The van der Waals surface area contributed by atoms with E-state index in [-0.39, 0.29) is 0 Å². The van der Waals surface area contributed by atoms with Crippen molar-refractivity contribution in [3.8, 4) is 17.6 Å². The van der Waals surface area contributed by atoms with Crippen LogP contribution in [0.1, 0.15) is 16.0 Å². The van der Waals surface area contributed by atoms with Crippen LogP contribution in [-0.4, -0.2) is 13.7 Å². The quantitative estimate of drug-likeness (QED) is 0.860. The van der Waals surface area contributed by atoms with Gasteiger partial charge < -0.3 is 15.2 Å². The molecule has 0 aliphatic heterocycles. The highest BCUT2D eigenvalue weighted by Crippen LogP contribution is 2.19. The molecular weight excluding hydrogens is 270 g/mol. The van der Waals surface area contributed by atoms with Gasteiger partial charge in [0.2, 0.25) is 0 Å². The SMILES string of the molecule is COCc1cccc(OCc2cc(C#CCN)cs2)c1. The van der Waals surface area contributed by atoms with Gasteiger partial charge in [-0.1, -0.05) is 24.0 Å². The van der Waals surface area contributed by atoms with E-state index in [9.17, 15) is 0 Å². The maximum Gasteiger partial charge on any atom is 0.122 e. The first-order valence-electron chi connectivity index (χ1n) is 6.29. The zero-order valence-electron chi connectivity index (χ0n) is 11.4. The number of nitrogens with two attached hydrogens (primary N) is 1. The Morgan fingerprint density at radius 1 is 1.25 bits per heavy atom. The van der Waals surface area contributed by atoms with Crippen molar-refractivity contribution in [2.45, 2.75) is 13.2 Å². The monoisotopic (exact) mass is 287 g/mol. The van der Waals surface area contributed by atoms with E-state index in [0.717, 1.165) is 21.8 Å². The molecule has 1 heterocycles. The minimum absolute atomic E-state index is 0.383. The Labute approximate surface area is 123 Å². The van der Waals surface area contributed by atoms with E-state index >= 15 is 0 Å². The van der Waals surface area contributed by atoms with Gasteiger partial charge in [0.15, 0.2) is 0 Å². The normalized spacial score (nSPS) is 9.90. The highest BCUT2D eigenvalue weighted by molar-refractivity contribution is 7.10. The van der Waals surface area contributed by atoms with Crippen LogP contribution >= 0.6 is 11.3 Å². The number of hydrogen-bond acceptors (Lipinski definition) is 4. The Morgan fingerprint density at radius 2 is 2.15 bits per heavy atom. The minimum Gasteiger partial charge on any atom is -0.488 e. The van der Waals surface area contributed by atoms with Gasteiger partial charge in [-0.15, -0.1) is 11.3 Å². The molecule has 1 aromatic heterocycles. The molecule has 3 nitrogen and oxygen atoms in total. The fraction of sp³-hybridized carbons (Fsp3) is 0.250. The Balaban J connectivity index is 1.94. The van der Waals surface area contributed by atoms with E-state index in [0.29, 0.717) is 19.8 Å². The second-order valence-corrected chi connectivity index (χ2v) is 5.17. The van der Waals surface area contributed by atoms with Crippen molar-refractivity contribution in [3.05, 3.63) is 51.7 Å². The van der Waals surface area contributed by atoms with Crippen LogP contribution in [0.3, 0.4) is 0 Å². The summed E-state index contributed by atoms with van der Waals surface area (Å²) in [7, 11) is 1.68. The van der Waals surface area contributed by atoms with Gasteiger partial charge in [0, 0.05) is 22.9 Å². The van der Waals surface area contributed by atoms with Crippen molar-refractivity contribution in [2.75, 3.05) is 13.7 Å². The number of benzene rings is 1. The predicted molar refractivity (Wildman–Crippen MR) is 81.7 cm³/mol. The van der Waals surface area contributed by atoms with Crippen molar-refractivity contribution >= 4 is 11.3 Å². The molecular formula is C16H17NO2S. The largest absolute Gasteiger partial charge is 0.488 e. The van der Waals surface area contributed by atoms with E-state index < -0.39 is 0 Å². The van der Waals surface area contributed by atoms with Crippen molar-refractivity contribution in [1.82, 2.24) is 0 Å². The molecule has 0 radical (unpaired) electrons. The smallest absolute Gasteiger partial charge is 0.122 e. The topological polar surface area (TPSA) is 44.5 Å². The minimum atomic E-state index is 0.383. The van der Waals surface area contributed by atoms with Crippen molar-refractivity contribution in [1.29, 1.82) is 0 Å². The molecule has 0 unspecified atom stereocenters. The molecule has 2 aromatic rings. The van der Waals surface area contributed by atoms with Gasteiger partial charge in [-0.05, 0) is 23.8 Å². The summed E-state index contributed by atoms with van der Waals surface area (Å²) in [5.74, 6) is 6.70. The average molecular weight is 287 g/mol. The third-order valence-corrected chi connectivity index (χ3v) is 3.49. The van der Waals surface area contributed by atoms with Gasteiger partial charge in [0.05, 0.1) is 13.2 Å². The third-order valence-electron chi connectivity index (χ3n) is 2.58. The molecule has 0 amide bonds. The third kappa shape index (κ3) is 4.39. The summed E-state index contributed by atoms with van der Waals surface area (Å²) in [4.78, 5) is 1.14. The van der Waals surface area contributed by atoms with Gasteiger partial charge in [0.1, 0.15) is 12.4 Å². The molecule has 0 fully saturated rings. The molecule has 0 aliphatic rings. The van der Waals surface area contributed by atoms with Crippen LogP contribution in [0.5, 0.6) is 5.75 Å². The van der Waals surface area contributed by atoms with Gasteiger partial charge >= 0.3 is 0 Å². The van der Waals surface area contributed by atoms with Crippen molar-refractivity contribution in [2.24, 2.45) is 5.73 Å². The lowest BCUT2D eigenvalue weighted by molar-refractivity contribution is 0.184. The summed E-state index contributed by atoms with van der Waals surface area (Å²) in [5, 5.41) is 2.02. The summed E-state index contributed by atoms with van der Waals surface area (Å²) < 4.78 is 10.9. The molecule has 0 aliphatic carbocycles. The van der Waals surface area contributed by atoms with Gasteiger partial charge in [0.25, 0.3) is 0 Å². The molecule has 2 rings (SSSR count). The van der Waals surface area contributed by atoms with Gasteiger partial charge in [-0.2, -0.15) is 0 Å². The summed E-state index contributed by atoms with van der Waals surface area (Å²) in [6.45, 7) is 1.52. The maximum absolute atomic E-state index is 5.78. The molecule has 0 bridgehead atoms. The maximum atomic E-state index is 5.78. The number of rotatable bonds is 5. The molecule has 4 heteroatoms. The van der Waals surface area contributed by atoms with Crippen LogP contribution in [0.15, 0.2) is 35.7 Å². The molecule has 0 saturated heterocycles. The second kappa shape index (κ2) is 7.71. The Morgan fingerprint density at radius 3 is 2.95 bits per heavy atom. The van der Waals surface area contributed by atoms with Crippen molar-refractivity contribution < 1.29 is 9.47 Å². The highest BCUT2D eigenvalue weighted by Gasteiger charge is 2.01. The zero-order chi connectivity index (χ0) is 14.2. The fourth-order valence-corrected chi connectivity index (χ4v) is 2.45. The molecule has 104 valence electrons. The standard InChI is InChI=1S/C16H17NO2S/c1-18-10-13-4-2-6-15(8-13)19-11-16-9-14(12-20-16)5-3-7-17/h2,4,6,8-9,12H,7,10-11,17H2,1H3. The Kier molecular flexibility index (Phi) is 5.63. The summed E-state index contributed by atoms with van der Waals surface area (Å²) in [6.07, 6.45) is 0.